The summed E-state index contributed by atoms with van der Waals surface area (Å²) in [6, 6.07) is 6.35. The largest absolute Gasteiger partial charge is 0.486 e. The summed E-state index contributed by atoms with van der Waals surface area (Å²) in [5, 5.41) is 10.9. The molecule has 0 fully saturated rings. The van der Waals surface area contributed by atoms with Crippen molar-refractivity contribution in [3.63, 3.8) is 0 Å². The lowest BCUT2D eigenvalue weighted by atomic mass is 10.1. The second kappa shape index (κ2) is 7.43. The van der Waals surface area contributed by atoms with Gasteiger partial charge in [-0.1, -0.05) is 6.07 Å². The van der Waals surface area contributed by atoms with Gasteiger partial charge in [0.05, 0.1) is 28.5 Å². The number of hydrogen-bond acceptors (Lipinski definition) is 5. The Morgan fingerprint density at radius 2 is 1.85 bits per heavy atom. The van der Waals surface area contributed by atoms with Gasteiger partial charge in [-0.15, -0.1) is 0 Å². The van der Waals surface area contributed by atoms with Crippen LogP contribution in [-0.4, -0.2) is 19.6 Å². The number of ether oxygens (including phenoxy) is 1. The summed E-state index contributed by atoms with van der Waals surface area (Å²) in [6.07, 6.45) is -3.65. The Morgan fingerprint density at radius 1 is 1.19 bits per heavy atom. The van der Waals surface area contributed by atoms with Crippen LogP contribution in [0.3, 0.4) is 0 Å². The molecule has 2 rings (SSSR count). The van der Waals surface area contributed by atoms with Crippen LogP contribution in [0, 0.1) is 17.0 Å². The molecule has 7 nitrogen and oxygen atoms in total. The molecule has 0 aromatic heterocycles. The van der Waals surface area contributed by atoms with Gasteiger partial charge in [0.2, 0.25) is 10.0 Å². The molecule has 0 saturated carbocycles. The maximum Gasteiger partial charge on any atom is 0.416 e. The molecule has 2 aromatic carbocycles. The van der Waals surface area contributed by atoms with Gasteiger partial charge in [0, 0.05) is 6.07 Å². The number of sulfonamides is 1. The third-order valence-corrected chi connectivity index (χ3v) is 4.12. The highest BCUT2D eigenvalue weighted by molar-refractivity contribution is 7.92. The molecule has 0 unspecified atom stereocenters. The first-order valence-electron chi connectivity index (χ1n) is 7.42. The van der Waals surface area contributed by atoms with E-state index in [1.807, 2.05) is 0 Å². The summed E-state index contributed by atoms with van der Waals surface area (Å²) in [4.78, 5) is 10.2. The number of nitro benzene ring substituents is 1. The van der Waals surface area contributed by atoms with Gasteiger partial charge in [0.15, 0.2) is 5.75 Å². The zero-order valence-electron chi connectivity index (χ0n) is 14.2. The maximum absolute atomic E-state index is 12.9. The van der Waals surface area contributed by atoms with E-state index < -0.39 is 26.7 Å². The van der Waals surface area contributed by atoms with Crippen molar-refractivity contribution in [3.05, 3.63) is 63.2 Å². The van der Waals surface area contributed by atoms with Crippen molar-refractivity contribution in [1.82, 2.24) is 0 Å². The molecule has 0 aliphatic heterocycles. The Morgan fingerprint density at radius 3 is 2.41 bits per heavy atom. The summed E-state index contributed by atoms with van der Waals surface area (Å²) in [5.41, 5.74) is -0.550. The van der Waals surface area contributed by atoms with Crippen LogP contribution in [0.2, 0.25) is 0 Å². The van der Waals surface area contributed by atoms with Crippen molar-refractivity contribution < 1.29 is 31.2 Å². The summed E-state index contributed by atoms with van der Waals surface area (Å²) >= 11 is 0. The lowest BCUT2D eigenvalue weighted by molar-refractivity contribution is -0.384. The van der Waals surface area contributed by atoms with E-state index in [1.54, 1.807) is 6.92 Å². The Hall–Kier alpha value is -2.82. The lowest BCUT2D eigenvalue weighted by Gasteiger charge is -2.15. The fourth-order valence-corrected chi connectivity index (χ4v) is 2.75. The van der Waals surface area contributed by atoms with Gasteiger partial charge in [0.25, 0.3) is 5.69 Å². The molecule has 0 bridgehead atoms. The van der Waals surface area contributed by atoms with Crippen LogP contribution in [0.4, 0.5) is 24.5 Å². The monoisotopic (exact) mass is 404 g/mol. The Bertz CT molecular complexity index is 975. The van der Waals surface area contributed by atoms with Crippen LogP contribution >= 0.6 is 0 Å². The molecule has 0 aliphatic carbocycles. The van der Waals surface area contributed by atoms with Crippen LogP contribution in [0.25, 0.3) is 0 Å². The third-order valence-electron chi connectivity index (χ3n) is 3.53. The molecule has 0 aliphatic rings. The molecule has 1 N–H and O–H groups in total. The average molecular weight is 404 g/mol. The molecule has 0 heterocycles. The zero-order chi connectivity index (χ0) is 20.4. The Kier molecular flexibility index (Phi) is 5.64. The van der Waals surface area contributed by atoms with E-state index in [2.05, 4.69) is 4.72 Å². The van der Waals surface area contributed by atoms with Crippen molar-refractivity contribution in [2.45, 2.75) is 19.7 Å². The fraction of sp³-hybridized carbons (Fsp3) is 0.250. The van der Waals surface area contributed by atoms with Crippen LogP contribution in [0.1, 0.15) is 16.7 Å². The normalized spacial score (nSPS) is 11.9. The molecular formula is C16H15F3N2O5S. The van der Waals surface area contributed by atoms with Gasteiger partial charge >= 0.3 is 6.18 Å². The highest BCUT2D eigenvalue weighted by atomic mass is 32.2. The van der Waals surface area contributed by atoms with Crippen molar-refractivity contribution in [3.8, 4) is 5.75 Å². The molecule has 2 aromatic rings. The number of halogens is 3. The zero-order valence-corrected chi connectivity index (χ0v) is 15.0. The first kappa shape index (κ1) is 20.5. The van der Waals surface area contributed by atoms with Crippen molar-refractivity contribution in [2.75, 3.05) is 11.0 Å². The summed E-state index contributed by atoms with van der Waals surface area (Å²) in [5.74, 6) is -0.175. The molecule has 146 valence electrons. The minimum absolute atomic E-state index is 0.0623. The number of nitro groups is 1. The Balaban J connectivity index is 2.36. The van der Waals surface area contributed by atoms with E-state index in [0.29, 0.717) is 5.56 Å². The number of nitrogens with one attached hydrogen (secondary N) is 1. The number of alkyl halides is 3. The van der Waals surface area contributed by atoms with Crippen LogP contribution < -0.4 is 9.46 Å². The topological polar surface area (TPSA) is 98.5 Å². The first-order chi connectivity index (χ1) is 12.4. The van der Waals surface area contributed by atoms with Crippen molar-refractivity contribution in [2.24, 2.45) is 0 Å². The first-order valence-corrected chi connectivity index (χ1v) is 9.32. The number of anilines is 1. The molecular weight excluding hydrogens is 389 g/mol. The van der Waals surface area contributed by atoms with E-state index in [-0.39, 0.29) is 29.3 Å². The third kappa shape index (κ3) is 5.58. The molecule has 27 heavy (non-hydrogen) atoms. The molecule has 11 heteroatoms. The predicted octanol–water partition coefficient (Wildman–Crippen LogP) is 3.87. The van der Waals surface area contributed by atoms with Crippen LogP contribution in [0.15, 0.2) is 36.4 Å². The predicted molar refractivity (Wildman–Crippen MR) is 92.1 cm³/mol. The molecule has 0 spiro atoms. The van der Waals surface area contributed by atoms with Gasteiger partial charge < -0.3 is 4.74 Å². The van der Waals surface area contributed by atoms with Crippen LogP contribution in [0.5, 0.6) is 5.75 Å². The van der Waals surface area contributed by atoms with Crippen molar-refractivity contribution in [1.29, 1.82) is 0 Å². The minimum Gasteiger partial charge on any atom is -0.486 e. The van der Waals surface area contributed by atoms with Gasteiger partial charge in [0.1, 0.15) is 6.61 Å². The van der Waals surface area contributed by atoms with E-state index in [4.69, 9.17) is 4.74 Å². The number of rotatable bonds is 6. The molecule has 0 atom stereocenters. The quantitative estimate of drug-likeness (QED) is 0.582. The number of non-ortho nitro benzene ring substituents is 1. The summed E-state index contributed by atoms with van der Waals surface area (Å²) in [6.45, 7) is 1.25. The highest BCUT2D eigenvalue weighted by Crippen LogP contribution is 2.33. The van der Waals surface area contributed by atoms with E-state index in [0.717, 1.165) is 36.6 Å². The van der Waals surface area contributed by atoms with Gasteiger partial charge in [-0.05, 0) is 36.2 Å². The SMILES string of the molecule is Cc1ccc(C(F)(F)F)cc1COc1cc([N+](=O)[O-])ccc1NS(C)(=O)=O. The number of aryl methyl sites for hydroxylation is 1. The average Bonchev–Trinajstić information content (AvgIpc) is 2.52. The number of benzene rings is 2. The van der Waals surface area contributed by atoms with E-state index >= 15 is 0 Å². The number of nitrogens with zero attached hydrogens (tertiary/aromatic N) is 1. The fourth-order valence-electron chi connectivity index (χ4n) is 2.19. The second-order valence-electron chi connectivity index (χ2n) is 5.74. The van der Waals surface area contributed by atoms with Gasteiger partial charge in [-0.3, -0.25) is 14.8 Å². The highest BCUT2D eigenvalue weighted by Gasteiger charge is 2.30. The smallest absolute Gasteiger partial charge is 0.416 e. The second-order valence-corrected chi connectivity index (χ2v) is 7.49. The summed E-state index contributed by atoms with van der Waals surface area (Å²) < 4.78 is 69.0. The van der Waals surface area contributed by atoms with E-state index in [9.17, 15) is 31.7 Å². The van der Waals surface area contributed by atoms with Crippen molar-refractivity contribution >= 4 is 21.4 Å². The molecule has 0 amide bonds. The number of hydrogen-bond donors (Lipinski definition) is 1. The lowest BCUT2D eigenvalue weighted by Crippen LogP contribution is -2.11. The summed E-state index contributed by atoms with van der Waals surface area (Å²) in [7, 11) is -3.70. The minimum atomic E-state index is -4.53. The Labute approximate surface area is 153 Å². The maximum atomic E-state index is 12.9. The standard InChI is InChI=1S/C16H15F3N2O5S/c1-10-3-4-12(16(17,18)19)7-11(10)9-26-15-8-13(21(22)23)5-6-14(15)20-27(2,24)25/h3-8,20H,9H2,1-2H3. The van der Waals surface area contributed by atoms with Crippen LogP contribution in [-0.2, 0) is 22.8 Å². The molecule has 0 saturated heterocycles. The molecule has 0 radical (unpaired) electrons. The van der Waals surface area contributed by atoms with E-state index in [1.165, 1.54) is 6.07 Å². The van der Waals surface area contributed by atoms with Gasteiger partial charge in [-0.25, -0.2) is 8.42 Å². The van der Waals surface area contributed by atoms with Gasteiger partial charge in [-0.2, -0.15) is 13.2 Å².